The Labute approximate surface area is 90.1 Å². The van der Waals surface area contributed by atoms with Crippen LogP contribution < -0.4 is 9.79 Å². The average molecular weight is 258 g/mol. The minimum atomic E-state index is -5.33. The molecule has 0 radical (unpaired) electrons. The Bertz CT molecular complexity index is 290. The van der Waals surface area contributed by atoms with Crippen molar-refractivity contribution in [1.29, 1.82) is 0 Å². The van der Waals surface area contributed by atoms with Gasteiger partial charge in [0.2, 0.25) is 5.79 Å². The van der Waals surface area contributed by atoms with Crippen molar-refractivity contribution in [2.45, 2.75) is 24.1 Å². The fourth-order valence-corrected chi connectivity index (χ4v) is 1.53. The maximum absolute atomic E-state index is 10.2. The van der Waals surface area contributed by atoms with Gasteiger partial charge in [0.15, 0.2) is 0 Å². The van der Waals surface area contributed by atoms with Crippen molar-refractivity contribution in [2.75, 3.05) is 13.2 Å². The third kappa shape index (κ3) is 3.20. The Hall–Kier alpha value is -0.0900. The van der Waals surface area contributed by atoms with Gasteiger partial charge in [-0.1, -0.05) is 0 Å². The normalized spacial score (nSPS) is 41.0. The van der Waals surface area contributed by atoms with E-state index >= 15 is 0 Å². The molecule has 0 unspecified atom stereocenters. The second kappa shape index (κ2) is 4.65. The highest BCUT2D eigenvalue weighted by Gasteiger charge is 2.48. The van der Waals surface area contributed by atoms with Gasteiger partial charge < -0.3 is 44.0 Å². The third-order valence-corrected chi connectivity index (χ3v) is 2.56. The van der Waals surface area contributed by atoms with E-state index in [2.05, 4.69) is 9.26 Å². The summed E-state index contributed by atoms with van der Waals surface area (Å²) in [5.74, 6) is -2.55. The summed E-state index contributed by atoms with van der Waals surface area (Å²) in [5, 5.41) is 37.1. The summed E-state index contributed by atoms with van der Waals surface area (Å²) >= 11 is 0. The second-order valence-electron chi connectivity index (χ2n) is 3.38. The van der Waals surface area contributed by atoms with Gasteiger partial charge in [-0.2, -0.15) is 0 Å². The van der Waals surface area contributed by atoms with Crippen molar-refractivity contribution in [3.05, 3.63) is 0 Å². The van der Waals surface area contributed by atoms with E-state index in [9.17, 15) is 29.7 Å². The number of hydrogen-bond donors (Lipinski definition) is 4. The molecule has 0 aromatic carbocycles. The quantitative estimate of drug-likeness (QED) is 0.366. The van der Waals surface area contributed by atoms with Crippen LogP contribution in [0.2, 0.25) is 0 Å². The zero-order valence-electron chi connectivity index (χ0n) is 7.92. The van der Waals surface area contributed by atoms with E-state index in [1.807, 2.05) is 0 Å². The highest BCUT2D eigenvalue weighted by Crippen LogP contribution is 2.31. The van der Waals surface area contributed by atoms with E-state index in [4.69, 9.17) is 5.11 Å². The van der Waals surface area contributed by atoms with E-state index < -0.39 is 45.1 Å². The molecule has 1 rings (SSSR count). The molecule has 0 spiro atoms. The lowest BCUT2D eigenvalue weighted by Gasteiger charge is -2.43. The number of phosphoric ester groups is 1. The molecule has 1 fully saturated rings. The summed E-state index contributed by atoms with van der Waals surface area (Å²) in [7, 11) is -5.33. The zero-order valence-corrected chi connectivity index (χ0v) is 8.82. The van der Waals surface area contributed by atoms with Crippen LogP contribution in [0.1, 0.15) is 0 Å². The molecule has 16 heavy (non-hydrogen) atoms. The lowest BCUT2D eigenvalue weighted by molar-refractivity contribution is -0.363. The van der Waals surface area contributed by atoms with Gasteiger partial charge in [-0.25, -0.2) is 0 Å². The summed E-state index contributed by atoms with van der Waals surface area (Å²) in [5.41, 5.74) is 0. The largest absolute Gasteiger partial charge is 0.790 e. The van der Waals surface area contributed by atoms with Crippen LogP contribution in [0, 0.1) is 0 Å². The number of aliphatic hydroxyl groups is 4. The summed E-state index contributed by atoms with van der Waals surface area (Å²) in [6.45, 7) is -1.71. The third-order valence-electron chi connectivity index (χ3n) is 2.11. The first-order valence-corrected chi connectivity index (χ1v) is 5.69. The molecule has 0 aromatic heterocycles. The van der Waals surface area contributed by atoms with Crippen LogP contribution in [-0.2, 0) is 13.8 Å². The molecule has 9 nitrogen and oxygen atoms in total. The lowest BCUT2D eigenvalue weighted by Crippen LogP contribution is -2.62. The standard InChI is InChI=1S/C6H13O9P/c7-3-1-14-6(10,5(9)4(3)8)2-15-16(11,12)13/h3-5,7-10H,1-2H2,(H2,11,12,13)/p-2/t3-,4+,5-,6-/m0/s1. The van der Waals surface area contributed by atoms with Gasteiger partial charge in [-0.15, -0.1) is 0 Å². The number of ether oxygens (including phenoxy) is 1. The predicted molar refractivity (Wildman–Crippen MR) is 42.5 cm³/mol. The van der Waals surface area contributed by atoms with Gasteiger partial charge in [0, 0.05) is 0 Å². The molecule has 0 amide bonds. The Kier molecular flexibility index (Phi) is 4.06. The molecule has 0 aliphatic carbocycles. The van der Waals surface area contributed by atoms with Gasteiger partial charge in [-0.3, -0.25) is 0 Å². The molecule has 96 valence electrons. The first kappa shape index (κ1) is 14.0. The Morgan fingerprint density at radius 2 is 2.00 bits per heavy atom. The predicted octanol–water partition coefficient (Wildman–Crippen LogP) is -4.37. The fraction of sp³-hybridized carbons (Fsp3) is 1.00. The van der Waals surface area contributed by atoms with Crippen molar-refractivity contribution in [3.8, 4) is 0 Å². The van der Waals surface area contributed by atoms with Crippen LogP contribution in [0.25, 0.3) is 0 Å². The van der Waals surface area contributed by atoms with Crippen molar-refractivity contribution in [3.63, 3.8) is 0 Å². The smallest absolute Gasteiger partial charge is 0.219 e. The molecule has 0 saturated carbocycles. The highest BCUT2D eigenvalue weighted by molar-refractivity contribution is 7.43. The number of hydrogen-bond acceptors (Lipinski definition) is 9. The minimum Gasteiger partial charge on any atom is -0.790 e. The second-order valence-corrected chi connectivity index (χ2v) is 4.53. The van der Waals surface area contributed by atoms with Crippen LogP contribution >= 0.6 is 7.82 Å². The molecule has 1 aliphatic heterocycles. The summed E-state index contributed by atoms with van der Waals surface area (Å²) in [4.78, 5) is 20.3. The molecule has 4 atom stereocenters. The SMILES string of the molecule is O=P([O-])([O-])OC[C@]1(O)OC[C@H](O)[C@@H](O)[C@@H]1O. The molecule has 1 heterocycles. The van der Waals surface area contributed by atoms with Crippen LogP contribution in [0.15, 0.2) is 0 Å². The molecule has 1 aliphatic rings. The molecule has 0 bridgehead atoms. The Balaban J connectivity index is 2.66. The topological polar surface area (TPSA) is 163 Å². The van der Waals surface area contributed by atoms with E-state index in [1.165, 1.54) is 0 Å². The molecule has 0 aromatic rings. The average Bonchev–Trinajstić information content (AvgIpc) is 2.18. The van der Waals surface area contributed by atoms with Gasteiger partial charge in [0.05, 0.1) is 14.4 Å². The van der Waals surface area contributed by atoms with Gasteiger partial charge >= 0.3 is 0 Å². The van der Waals surface area contributed by atoms with Crippen LogP contribution in [-0.4, -0.2) is 57.7 Å². The summed E-state index contributed by atoms with van der Waals surface area (Å²) < 4.78 is 18.4. The minimum absolute atomic E-state index is 0.542. The number of rotatable bonds is 3. The van der Waals surface area contributed by atoms with Crippen molar-refractivity contribution < 1.29 is 44.0 Å². The van der Waals surface area contributed by atoms with Crippen LogP contribution in [0.4, 0.5) is 0 Å². The van der Waals surface area contributed by atoms with Gasteiger partial charge in [0.25, 0.3) is 0 Å². The summed E-state index contributed by atoms with van der Waals surface area (Å²) in [6, 6.07) is 0. The first-order chi connectivity index (χ1) is 7.16. The monoisotopic (exact) mass is 258 g/mol. The summed E-state index contributed by atoms with van der Waals surface area (Å²) in [6.07, 6.45) is -5.16. The number of phosphoric acid groups is 1. The van der Waals surface area contributed by atoms with Crippen LogP contribution in [0.3, 0.4) is 0 Å². The van der Waals surface area contributed by atoms with Gasteiger partial charge in [0.1, 0.15) is 24.9 Å². The first-order valence-electron chi connectivity index (χ1n) is 4.23. The van der Waals surface area contributed by atoms with E-state index in [1.54, 1.807) is 0 Å². The maximum Gasteiger partial charge on any atom is 0.219 e. The van der Waals surface area contributed by atoms with Gasteiger partial charge in [-0.05, 0) is 0 Å². The van der Waals surface area contributed by atoms with E-state index in [-0.39, 0.29) is 0 Å². The molecule has 10 heteroatoms. The molecular weight excluding hydrogens is 247 g/mol. The Morgan fingerprint density at radius 3 is 2.50 bits per heavy atom. The fourth-order valence-electron chi connectivity index (χ4n) is 1.19. The maximum atomic E-state index is 10.2. The van der Waals surface area contributed by atoms with Crippen molar-refractivity contribution in [2.24, 2.45) is 0 Å². The lowest BCUT2D eigenvalue weighted by atomic mass is 9.98. The molecule has 4 N–H and O–H groups in total. The molecule has 1 saturated heterocycles. The molecular formula is C6H11O9P-2. The highest BCUT2D eigenvalue weighted by atomic mass is 31.2. The number of aliphatic hydroxyl groups excluding tert-OH is 3. The van der Waals surface area contributed by atoms with Crippen molar-refractivity contribution >= 4 is 7.82 Å². The Morgan fingerprint density at radius 1 is 1.44 bits per heavy atom. The van der Waals surface area contributed by atoms with E-state index in [0.717, 1.165) is 0 Å². The van der Waals surface area contributed by atoms with Crippen LogP contribution in [0.5, 0.6) is 0 Å². The zero-order chi connectivity index (χ0) is 12.6. The van der Waals surface area contributed by atoms with E-state index in [0.29, 0.717) is 0 Å². The van der Waals surface area contributed by atoms with Crippen molar-refractivity contribution in [1.82, 2.24) is 0 Å².